The van der Waals surface area contributed by atoms with Crippen molar-refractivity contribution in [2.75, 3.05) is 26.9 Å². The number of hydrogen-bond donors (Lipinski definition) is 2. The maximum atomic E-state index is 10.2. The van der Waals surface area contributed by atoms with Gasteiger partial charge in [0.25, 0.3) is 0 Å². The van der Waals surface area contributed by atoms with Crippen molar-refractivity contribution in [3.05, 3.63) is 23.3 Å². The molecule has 1 aromatic rings. The molecule has 0 amide bonds. The number of hydrogen-bond acceptors (Lipinski definition) is 5. The molecule has 2 N–H and O–H groups in total. The number of benzene rings is 1. The number of fused-ring (bicyclic) bond motifs is 1. The van der Waals surface area contributed by atoms with Gasteiger partial charge < -0.3 is 24.6 Å². The number of rotatable bonds is 5. The third kappa shape index (κ3) is 3.15. The molecule has 0 aliphatic carbocycles. The average Bonchev–Trinajstić information content (AvgIpc) is 3.03. The molecule has 116 valence electrons. The van der Waals surface area contributed by atoms with Gasteiger partial charge in [-0.1, -0.05) is 0 Å². The van der Waals surface area contributed by atoms with E-state index in [0.29, 0.717) is 32.7 Å². The lowest BCUT2D eigenvalue weighted by molar-refractivity contribution is 0.0268. The monoisotopic (exact) mass is 293 g/mol. The molecule has 2 atom stereocenters. The van der Waals surface area contributed by atoms with Gasteiger partial charge in [0, 0.05) is 43.7 Å². The van der Waals surface area contributed by atoms with Gasteiger partial charge in [0.05, 0.1) is 13.7 Å². The first-order chi connectivity index (χ1) is 10.1. The van der Waals surface area contributed by atoms with Crippen molar-refractivity contribution in [1.29, 1.82) is 0 Å². The van der Waals surface area contributed by atoms with Crippen LogP contribution in [0.15, 0.2) is 12.1 Å². The van der Waals surface area contributed by atoms with Crippen LogP contribution in [0.25, 0.3) is 0 Å². The molecule has 5 nitrogen and oxygen atoms in total. The van der Waals surface area contributed by atoms with E-state index in [0.717, 1.165) is 23.5 Å². The first-order valence-electron chi connectivity index (χ1n) is 7.47. The quantitative estimate of drug-likeness (QED) is 0.856. The SMILES string of the molecule is COc1cc2c(cc1CNCC1(O)CCOC1)OC(C)C2. The van der Waals surface area contributed by atoms with Crippen LogP contribution in [-0.2, 0) is 17.7 Å². The minimum Gasteiger partial charge on any atom is -0.496 e. The largest absolute Gasteiger partial charge is 0.496 e. The molecule has 3 rings (SSSR count). The van der Waals surface area contributed by atoms with E-state index in [1.54, 1.807) is 7.11 Å². The summed E-state index contributed by atoms with van der Waals surface area (Å²) in [5.74, 6) is 1.82. The highest BCUT2D eigenvalue weighted by molar-refractivity contribution is 5.48. The van der Waals surface area contributed by atoms with Crippen molar-refractivity contribution in [2.24, 2.45) is 0 Å². The normalized spacial score (nSPS) is 27.5. The maximum absolute atomic E-state index is 10.2. The van der Waals surface area contributed by atoms with Crippen LogP contribution >= 0.6 is 0 Å². The van der Waals surface area contributed by atoms with Crippen LogP contribution in [0, 0.1) is 0 Å². The zero-order chi connectivity index (χ0) is 14.9. The summed E-state index contributed by atoms with van der Waals surface area (Å²) in [6, 6.07) is 4.10. The van der Waals surface area contributed by atoms with Crippen LogP contribution in [0.4, 0.5) is 0 Å². The second kappa shape index (κ2) is 5.83. The molecule has 0 spiro atoms. The Morgan fingerprint density at radius 1 is 1.48 bits per heavy atom. The van der Waals surface area contributed by atoms with Gasteiger partial charge in [0.1, 0.15) is 23.2 Å². The zero-order valence-electron chi connectivity index (χ0n) is 12.6. The number of aliphatic hydroxyl groups is 1. The molecule has 2 heterocycles. The first-order valence-corrected chi connectivity index (χ1v) is 7.47. The fourth-order valence-corrected chi connectivity index (χ4v) is 2.98. The van der Waals surface area contributed by atoms with Gasteiger partial charge in [0.15, 0.2) is 0 Å². The van der Waals surface area contributed by atoms with Crippen molar-refractivity contribution < 1.29 is 19.3 Å². The van der Waals surface area contributed by atoms with Crippen molar-refractivity contribution in [1.82, 2.24) is 5.32 Å². The standard InChI is InChI=1S/C16H23NO4/c1-11-5-12-6-14(19-2)13(7-15(12)21-11)8-17-9-16(18)3-4-20-10-16/h6-7,11,17-18H,3-5,8-10H2,1-2H3. The first kappa shape index (κ1) is 14.6. The predicted molar refractivity (Wildman–Crippen MR) is 78.9 cm³/mol. The van der Waals surface area contributed by atoms with Gasteiger partial charge in [-0.05, 0) is 19.1 Å². The van der Waals surface area contributed by atoms with Crippen LogP contribution < -0.4 is 14.8 Å². The van der Waals surface area contributed by atoms with E-state index in [2.05, 4.69) is 18.3 Å². The van der Waals surface area contributed by atoms with Gasteiger partial charge >= 0.3 is 0 Å². The molecule has 21 heavy (non-hydrogen) atoms. The summed E-state index contributed by atoms with van der Waals surface area (Å²) in [4.78, 5) is 0. The fourth-order valence-electron chi connectivity index (χ4n) is 2.98. The summed E-state index contributed by atoms with van der Waals surface area (Å²) in [5, 5.41) is 13.5. The maximum Gasteiger partial charge on any atom is 0.123 e. The summed E-state index contributed by atoms with van der Waals surface area (Å²) < 4.78 is 16.5. The minimum absolute atomic E-state index is 0.226. The Labute approximate surface area is 125 Å². The highest BCUT2D eigenvalue weighted by Gasteiger charge is 2.31. The summed E-state index contributed by atoms with van der Waals surface area (Å²) in [6.07, 6.45) is 1.84. The van der Waals surface area contributed by atoms with Gasteiger partial charge in [0.2, 0.25) is 0 Å². The highest BCUT2D eigenvalue weighted by Crippen LogP contribution is 2.35. The Bertz CT molecular complexity index is 511. The third-order valence-electron chi connectivity index (χ3n) is 4.15. The average molecular weight is 293 g/mol. The van der Waals surface area contributed by atoms with Gasteiger partial charge in [-0.3, -0.25) is 0 Å². The molecule has 0 saturated carbocycles. The lowest BCUT2D eigenvalue weighted by Crippen LogP contribution is -2.40. The molecular formula is C16H23NO4. The van der Waals surface area contributed by atoms with E-state index in [4.69, 9.17) is 14.2 Å². The van der Waals surface area contributed by atoms with Crippen LogP contribution in [0.5, 0.6) is 11.5 Å². The number of ether oxygens (including phenoxy) is 3. The molecule has 2 aliphatic heterocycles. The van der Waals surface area contributed by atoms with Gasteiger partial charge in [-0.15, -0.1) is 0 Å². The van der Waals surface area contributed by atoms with Crippen molar-refractivity contribution in [3.8, 4) is 11.5 Å². The van der Waals surface area contributed by atoms with E-state index in [1.807, 2.05) is 6.07 Å². The van der Waals surface area contributed by atoms with Gasteiger partial charge in [-0.2, -0.15) is 0 Å². The van der Waals surface area contributed by atoms with Crippen LogP contribution in [0.2, 0.25) is 0 Å². The molecule has 1 fully saturated rings. The fraction of sp³-hybridized carbons (Fsp3) is 0.625. The Kier molecular flexibility index (Phi) is 4.06. The van der Waals surface area contributed by atoms with E-state index in [9.17, 15) is 5.11 Å². The summed E-state index contributed by atoms with van der Waals surface area (Å²) in [6.45, 7) is 4.26. The van der Waals surface area contributed by atoms with Crippen LogP contribution in [0.3, 0.4) is 0 Å². The number of methoxy groups -OCH3 is 1. The molecule has 1 aromatic carbocycles. The van der Waals surface area contributed by atoms with Crippen LogP contribution in [0.1, 0.15) is 24.5 Å². The predicted octanol–water partition coefficient (Wildman–Crippen LogP) is 1.26. The Hall–Kier alpha value is -1.30. The Balaban J connectivity index is 1.66. The Morgan fingerprint density at radius 2 is 2.33 bits per heavy atom. The van der Waals surface area contributed by atoms with Crippen molar-refractivity contribution in [2.45, 2.75) is 38.0 Å². The summed E-state index contributed by atoms with van der Waals surface area (Å²) in [5.41, 5.74) is 1.51. The minimum atomic E-state index is -0.741. The molecule has 0 radical (unpaired) electrons. The molecular weight excluding hydrogens is 270 g/mol. The molecule has 0 bridgehead atoms. The summed E-state index contributed by atoms with van der Waals surface area (Å²) >= 11 is 0. The van der Waals surface area contributed by atoms with Crippen molar-refractivity contribution >= 4 is 0 Å². The molecule has 5 heteroatoms. The van der Waals surface area contributed by atoms with Crippen LogP contribution in [-0.4, -0.2) is 43.7 Å². The van der Waals surface area contributed by atoms with Crippen molar-refractivity contribution in [3.63, 3.8) is 0 Å². The third-order valence-corrected chi connectivity index (χ3v) is 4.15. The topological polar surface area (TPSA) is 60.0 Å². The molecule has 2 aliphatic rings. The zero-order valence-corrected chi connectivity index (χ0v) is 12.6. The lowest BCUT2D eigenvalue weighted by Gasteiger charge is -2.21. The summed E-state index contributed by atoms with van der Waals surface area (Å²) in [7, 11) is 1.68. The highest BCUT2D eigenvalue weighted by atomic mass is 16.5. The second-order valence-corrected chi connectivity index (χ2v) is 6.03. The second-order valence-electron chi connectivity index (χ2n) is 6.03. The van der Waals surface area contributed by atoms with E-state index in [1.165, 1.54) is 5.56 Å². The smallest absolute Gasteiger partial charge is 0.123 e. The number of nitrogens with one attached hydrogen (secondary N) is 1. The molecule has 0 aromatic heterocycles. The Morgan fingerprint density at radius 3 is 3.05 bits per heavy atom. The molecule has 2 unspecified atom stereocenters. The van der Waals surface area contributed by atoms with E-state index in [-0.39, 0.29) is 6.10 Å². The molecule has 1 saturated heterocycles. The van der Waals surface area contributed by atoms with E-state index >= 15 is 0 Å². The lowest BCUT2D eigenvalue weighted by atomic mass is 10.0. The van der Waals surface area contributed by atoms with E-state index < -0.39 is 5.60 Å². The van der Waals surface area contributed by atoms with Gasteiger partial charge in [-0.25, -0.2) is 0 Å².